The zero-order valence-electron chi connectivity index (χ0n) is 9.83. The summed E-state index contributed by atoms with van der Waals surface area (Å²) in [5.74, 6) is -1.28. The van der Waals surface area contributed by atoms with E-state index in [0.717, 1.165) is 31.0 Å². The number of benzene rings is 1. The van der Waals surface area contributed by atoms with Crippen molar-refractivity contribution in [1.29, 1.82) is 0 Å². The van der Waals surface area contributed by atoms with E-state index >= 15 is 0 Å². The molecular formula is C12H15ClF2O2S. The van der Waals surface area contributed by atoms with E-state index in [1.807, 2.05) is 0 Å². The van der Waals surface area contributed by atoms with Gasteiger partial charge in [-0.2, -0.15) is 0 Å². The van der Waals surface area contributed by atoms with Gasteiger partial charge in [-0.1, -0.05) is 12.8 Å². The first-order valence-corrected chi connectivity index (χ1v) is 7.90. The quantitative estimate of drug-likeness (QED) is 0.570. The summed E-state index contributed by atoms with van der Waals surface area (Å²) in [6.45, 7) is 0. The number of unbranched alkanes of at least 4 members (excludes halogenated alkanes) is 3. The van der Waals surface area contributed by atoms with Crippen LogP contribution in [-0.2, 0) is 9.84 Å². The van der Waals surface area contributed by atoms with Crippen LogP contribution in [0.2, 0.25) is 0 Å². The Bertz CT molecular complexity index is 489. The molecule has 1 aromatic carbocycles. The van der Waals surface area contributed by atoms with Crippen LogP contribution in [0.1, 0.15) is 25.7 Å². The second-order valence-corrected chi connectivity index (χ2v) is 6.45. The van der Waals surface area contributed by atoms with E-state index in [2.05, 4.69) is 0 Å². The fourth-order valence-electron chi connectivity index (χ4n) is 1.57. The molecule has 0 bridgehead atoms. The van der Waals surface area contributed by atoms with Crippen LogP contribution in [-0.4, -0.2) is 20.1 Å². The van der Waals surface area contributed by atoms with Gasteiger partial charge in [0.1, 0.15) is 16.5 Å². The van der Waals surface area contributed by atoms with Gasteiger partial charge in [-0.15, -0.1) is 11.6 Å². The van der Waals surface area contributed by atoms with E-state index in [9.17, 15) is 17.2 Å². The summed E-state index contributed by atoms with van der Waals surface area (Å²) in [5.41, 5.74) is 0. The molecule has 1 rings (SSSR count). The van der Waals surface area contributed by atoms with E-state index < -0.39 is 26.4 Å². The van der Waals surface area contributed by atoms with Crippen LogP contribution in [0.15, 0.2) is 23.1 Å². The lowest BCUT2D eigenvalue weighted by Crippen LogP contribution is -2.09. The molecule has 0 amide bonds. The van der Waals surface area contributed by atoms with Crippen molar-refractivity contribution >= 4 is 21.4 Å². The average molecular weight is 297 g/mol. The molecule has 0 saturated carbocycles. The molecule has 0 spiro atoms. The topological polar surface area (TPSA) is 34.1 Å². The maximum atomic E-state index is 13.3. The average Bonchev–Trinajstić information content (AvgIpc) is 2.32. The third kappa shape index (κ3) is 4.53. The number of halogens is 3. The Labute approximate surface area is 111 Å². The normalized spacial score (nSPS) is 11.7. The molecule has 0 unspecified atom stereocenters. The Hall–Kier alpha value is -0.680. The van der Waals surface area contributed by atoms with E-state index in [-0.39, 0.29) is 5.75 Å². The minimum atomic E-state index is -3.75. The minimum Gasteiger partial charge on any atom is -0.224 e. The zero-order valence-corrected chi connectivity index (χ0v) is 11.4. The Morgan fingerprint density at radius 2 is 1.72 bits per heavy atom. The second kappa shape index (κ2) is 7.04. The highest BCUT2D eigenvalue weighted by molar-refractivity contribution is 7.91. The van der Waals surface area contributed by atoms with Gasteiger partial charge in [0.15, 0.2) is 9.84 Å². The fraction of sp³-hybridized carbons (Fsp3) is 0.500. The number of hydrogen-bond donors (Lipinski definition) is 0. The molecule has 0 atom stereocenters. The Morgan fingerprint density at radius 3 is 2.39 bits per heavy atom. The number of alkyl halides is 1. The summed E-state index contributed by atoms with van der Waals surface area (Å²) < 4.78 is 49.9. The lowest BCUT2D eigenvalue weighted by atomic mass is 10.2. The largest absolute Gasteiger partial charge is 0.224 e. The SMILES string of the molecule is O=S(=O)(CCCCCCCl)c1cc(F)ccc1F. The molecule has 0 aromatic heterocycles. The summed E-state index contributed by atoms with van der Waals surface area (Å²) in [6.07, 6.45) is 2.80. The van der Waals surface area contributed by atoms with Crippen molar-refractivity contribution in [2.45, 2.75) is 30.6 Å². The molecule has 0 fully saturated rings. The maximum absolute atomic E-state index is 13.3. The molecule has 0 aliphatic heterocycles. The van der Waals surface area contributed by atoms with Crippen molar-refractivity contribution in [3.8, 4) is 0 Å². The fourth-order valence-corrected chi connectivity index (χ4v) is 3.22. The summed E-state index contributed by atoms with van der Waals surface area (Å²) in [5, 5.41) is 0. The standard InChI is InChI=1S/C12H15ClF2O2S/c13-7-3-1-2-4-8-18(16,17)12-9-10(14)5-6-11(12)15/h5-6,9H,1-4,7-8H2. The second-order valence-electron chi connectivity index (χ2n) is 4.00. The van der Waals surface area contributed by atoms with Gasteiger partial charge >= 0.3 is 0 Å². The van der Waals surface area contributed by atoms with Gasteiger partial charge in [-0.25, -0.2) is 17.2 Å². The van der Waals surface area contributed by atoms with Crippen molar-refractivity contribution in [3.63, 3.8) is 0 Å². The summed E-state index contributed by atoms with van der Waals surface area (Å²) in [6, 6.07) is 2.45. The molecule has 0 aliphatic carbocycles. The molecule has 0 N–H and O–H groups in total. The molecule has 2 nitrogen and oxygen atoms in total. The highest BCUT2D eigenvalue weighted by atomic mass is 35.5. The molecule has 1 aromatic rings. The van der Waals surface area contributed by atoms with E-state index in [0.29, 0.717) is 18.7 Å². The molecule has 0 heterocycles. The highest BCUT2D eigenvalue weighted by Gasteiger charge is 2.19. The van der Waals surface area contributed by atoms with Crippen LogP contribution in [0.5, 0.6) is 0 Å². The van der Waals surface area contributed by atoms with Crippen molar-refractivity contribution < 1.29 is 17.2 Å². The molecule has 6 heteroatoms. The lowest BCUT2D eigenvalue weighted by Gasteiger charge is -2.05. The van der Waals surface area contributed by atoms with Gasteiger partial charge in [0.2, 0.25) is 0 Å². The number of sulfone groups is 1. The van der Waals surface area contributed by atoms with Gasteiger partial charge in [0, 0.05) is 5.88 Å². The molecule has 0 radical (unpaired) electrons. The summed E-state index contributed by atoms with van der Waals surface area (Å²) in [4.78, 5) is -0.556. The Kier molecular flexibility index (Phi) is 6.02. The monoisotopic (exact) mass is 296 g/mol. The van der Waals surface area contributed by atoms with Gasteiger partial charge in [-0.05, 0) is 31.0 Å². The predicted molar refractivity (Wildman–Crippen MR) is 67.6 cm³/mol. The van der Waals surface area contributed by atoms with Gasteiger partial charge in [0.05, 0.1) is 5.75 Å². The smallest absolute Gasteiger partial charge is 0.181 e. The Morgan fingerprint density at radius 1 is 1.06 bits per heavy atom. The first-order valence-electron chi connectivity index (χ1n) is 5.71. The number of hydrogen-bond acceptors (Lipinski definition) is 2. The maximum Gasteiger partial charge on any atom is 0.181 e. The molecular weight excluding hydrogens is 282 g/mol. The zero-order chi connectivity index (χ0) is 13.6. The third-order valence-corrected chi connectivity index (χ3v) is 4.60. The van der Waals surface area contributed by atoms with Crippen LogP contribution in [0.3, 0.4) is 0 Å². The minimum absolute atomic E-state index is 0.171. The third-order valence-electron chi connectivity index (χ3n) is 2.53. The Balaban J connectivity index is 2.66. The van der Waals surface area contributed by atoms with E-state index in [4.69, 9.17) is 11.6 Å². The van der Waals surface area contributed by atoms with Crippen LogP contribution in [0, 0.1) is 11.6 Å². The van der Waals surface area contributed by atoms with Crippen molar-refractivity contribution in [2.75, 3.05) is 11.6 Å². The van der Waals surface area contributed by atoms with Crippen LogP contribution in [0.4, 0.5) is 8.78 Å². The van der Waals surface area contributed by atoms with Crippen LogP contribution < -0.4 is 0 Å². The van der Waals surface area contributed by atoms with Crippen LogP contribution in [0.25, 0.3) is 0 Å². The van der Waals surface area contributed by atoms with E-state index in [1.54, 1.807) is 0 Å². The highest BCUT2D eigenvalue weighted by Crippen LogP contribution is 2.18. The summed E-state index contributed by atoms with van der Waals surface area (Å²) >= 11 is 5.49. The molecule has 18 heavy (non-hydrogen) atoms. The molecule has 0 aliphatic rings. The van der Waals surface area contributed by atoms with Crippen LogP contribution >= 0.6 is 11.6 Å². The van der Waals surface area contributed by atoms with Crippen molar-refractivity contribution in [1.82, 2.24) is 0 Å². The van der Waals surface area contributed by atoms with Crippen molar-refractivity contribution in [3.05, 3.63) is 29.8 Å². The first-order chi connectivity index (χ1) is 8.47. The summed E-state index contributed by atoms with van der Waals surface area (Å²) in [7, 11) is -3.75. The number of rotatable bonds is 7. The van der Waals surface area contributed by atoms with Gasteiger partial charge < -0.3 is 0 Å². The molecule has 102 valence electrons. The van der Waals surface area contributed by atoms with Gasteiger partial charge in [-0.3, -0.25) is 0 Å². The van der Waals surface area contributed by atoms with Crippen molar-refractivity contribution in [2.24, 2.45) is 0 Å². The molecule has 0 saturated heterocycles. The first kappa shape index (κ1) is 15.4. The predicted octanol–water partition coefficient (Wildman–Crippen LogP) is 3.54. The van der Waals surface area contributed by atoms with E-state index in [1.165, 1.54) is 0 Å². The lowest BCUT2D eigenvalue weighted by molar-refractivity contribution is 0.550. The van der Waals surface area contributed by atoms with Gasteiger partial charge in [0.25, 0.3) is 0 Å².